The van der Waals surface area contributed by atoms with Gasteiger partial charge in [0.05, 0.1) is 5.70 Å². The molecule has 0 bridgehead atoms. The Morgan fingerprint density at radius 2 is 0.581 bits per heavy atom. The van der Waals surface area contributed by atoms with Crippen molar-refractivity contribution in [2.24, 2.45) is 4.99 Å². The van der Waals surface area contributed by atoms with Crippen molar-refractivity contribution in [3.05, 3.63) is 272 Å². The SMILES string of the molecule is CC.CC=N/C(=C\C)c1c2ccccc2c(-c2ccc3c(-c4ccc(N(c5ccccc5)c5ccccc5)cc4)c4ccccc4c(-c4ccc(N(c5ccccc5)c5ccccc5)cc4)c3c2)c2ccccc12. The van der Waals surface area contributed by atoms with Crippen molar-refractivity contribution in [1.82, 2.24) is 0 Å². The number of fused-ring (bicyclic) bond motifs is 4. The Morgan fingerprint density at radius 3 is 0.946 bits per heavy atom. The van der Waals surface area contributed by atoms with Crippen molar-refractivity contribution in [2.45, 2.75) is 27.7 Å². The lowest BCUT2D eigenvalue weighted by atomic mass is 9.83. The van der Waals surface area contributed by atoms with Gasteiger partial charge in [0, 0.05) is 45.9 Å². The smallest absolute Gasteiger partial charge is 0.0667 e. The van der Waals surface area contributed by atoms with Crippen molar-refractivity contribution in [1.29, 1.82) is 0 Å². The highest BCUT2D eigenvalue weighted by atomic mass is 15.1. The predicted molar refractivity (Wildman–Crippen MR) is 321 cm³/mol. The molecule has 0 aliphatic carbocycles. The number of anilines is 6. The Hall–Kier alpha value is -9.31. The largest absolute Gasteiger partial charge is 0.311 e. The van der Waals surface area contributed by atoms with Crippen LogP contribution in [0.5, 0.6) is 0 Å². The second-order valence-corrected chi connectivity index (χ2v) is 18.1. The summed E-state index contributed by atoms with van der Waals surface area (Å²) in [6, 6.07) is 94.6. The van der Waals surface area contributed by atoms with Crippen LogP contribution in [-0.2, 0) is 0 Å². The Labute approximate surface area is 435 Å². The number of para-hydroxylation sites is 4. The van der Waals surface area contributed by atoms with Gasteiger partial charge in [0.2, 0.25) is 0 Å². The molecule has 12 rings (SSSR count). The van der Waals surface area contributed by atoms with E-state index in [1.807, 2.05) is 27.0 Å². The highest BCUT2D eigenvalue weighted by Crippen LogP contribution is 2.49. The van der Waals surface area contributed by atoms with Crippen LogP contribution in [-0.4, -0.2) is 6.21 Å². The number of hydrogen-bond acceptors (Lipinski definition) is 3. The molecule has 0 heterocycles. The first kappa shape index (κ1) is 47.0. The van der Waals surface area contributed by atoms with Crippen LogP contribution in [0.15, 0.2) is 272 Å². The number of aliphatic imine (C=N–C) groups is 1. The topological polar surface area (TPSA) is 18.8 Å². The Bertz CT molecular complexity index is 3820. The molecule has 0 radical (unpaired) electrons. The summed E-state index contributed by atoms with van der Waals surface area (Å²) < 4.78 is 0. The number of hydrogen-bond donors (Lipinski definition) is 0. The maximum Gasteiger partial charge on any atom is 0.0667 e. The zero-order valence-corrected chi connectivity index (χ0v) is 42.3. The lowest BCUT2D eigenvalue weighted by Crippen LogP contribution is -2.09. The summed E-state index contributed by atoms with van der Waals surface area (Å²) in [4.78, 5) is 9.55. The summed E-state index contributed by atoms with van der Waals surface area (Å²) in [5.41, 5.74) is 15.9. The van der Waals surface area contributed by atoms with Gasteiger partial charge in [0.1, 0.15) is 0 Å². The fourth-order valence-corrected chi connectivity index (χ4v) is 10.9. The molecule has 0 aliphatic heterocycles. The van der Waals surface area contributed by atoms with E-state index in [1.165, 1.54) is 59.8 Å². The third-order valence-corrected chi connectivity index (χ3v) is 13.9. The molecule has 356 valence electrons. The average molecular weight is 952 g/mol. The summed E-state index contributed by atoms with van der Waals surface area (Å²) >= 11 is 0. The fraction of sp³-hybridized carbons (Fsp3) is 0.0563. The molecule has 0 atom stereocenters. The van der Waals surface area contributed by atoms with Crippen molar-refractivity contribution in [3.8, 4) is 33.4 Å². The van der Waals surface area contributed by atoms with E-state index in [0.717, 1.165) is 62.1 Å². The van der Waals surface area contributed by atoms with E-state index < -0.39 is 0 Å². The maximum atomic E-state index is 4.90. The predicted octanol–water partition coefficient (Wildman–Crippen LogP) is 20.7. The number of rotatable bonds is 11. The second kappa shape index (κ2) is 21.2. The van der Waals surface area contributed by atoms with Gasteiger partial charge in [-0.15, -0.1) is 0 Å². The summed E-state index contributed by atoms with van der Waals surface area (Å²) in [5.74, 6) is 0. The van der Waals surface area contributed by atoms with Crippen LogP contribution in [0.1, 0.15) is 33.3 Å². The van der Waals surface area contributed by atoms with Crippen molar-refractivity contribution >= 4 is 89.1 Å². The van der Waals surface area contributed by atoms with Gasteiger partial charge in [0.25, 0.3) is 0 Å². The molecule has 0 saturated carbocycles. The molecule has 0 aromatic heterocycles. The van der Waals surface area contributed by atoms with Gasteiger partial charge in [-0.2, -0.15) is 0 Å². The first-order chi connectivity index (χ1) is 36.7. The normalized spacial score (nSPS) is 11.5. The minimum Gasteiger partial charge on any atom is -0.311 e. The maximum absolute atomic E-state index is 4.90. The molecule has 12 aromatic rings. The number of benzene rings is 12. The van der Waals surface area contributed by atoms with Crippen LogP contribution >= 0.6 is 0 Å². The number of nitrogens with zero attached hydrogens (tertiary/aromatic N) is 3. The van der Waals surface area contributed by atoms with Crippen molar-refractivity contribution < 1.29 is 0 Å². The third kappa shape index (κ3) is 8.69. The summed E-state index contributed by atoms with van der Waals surface area (Å²) in [6.45, 7) is 8.07. The summed E-state index contributed by atoms with van der Waals surface area (Å²) in [6.07, 6.45) is 4.02. The molecule has 0 spiro atoms. The van der Waals surface area contributed by atoms with Crippen LogP contribution in [0.4, 0.5) is 34.1 Å². The average Bonchev–Trinajstić information content (AvgIpc) is 3.47. The highest BCUT2D eigenvalue weighted by molar-refractivity contribution is 6.24. The second-order valence-electron chi connectivity index (χ2n) is 18.1. The van der Waals surface area contributed by atoms with Gasteiger partial charge in [-0.1, -0.05) is 202 Å². The van der Waals surface area contributed by atoms with Crippen LogP contribution in [0.25, 0.3) is 82.2 Å². The molecule has 0 aliphatic rings. The van der Waals surface area contributed by atoms with Gasteiger partial charge < -0.3 is 9.80 Å². The van der Waals surface area contributed by atoms with Gasteiger partial charge in [-0.05, 0) is 169 Å². The minimum atomic E-state index is 0.969. The van der Waals surface area contributed by atoms with Crippen molar-refractivity contribution in [2.75, 3.05) is 9.80 Å². The molecule has 3 nitrogen and oxygen atoms in total. The standard InChI is InChI=1S/C69H51N3.C2H6/c1-3-65(70-4-2)69-61-35-21-19-33-59(61)68(60-34-20-22-36-62(60)69)50-41-46-63-64(47-50)67(49-39-44-56(45-40-49)72(53-27-13-7-14-28-53)54-29-15-8-16-30-54)58-32-18-17-31-57(58)66(63)48-37-42-55(43-38-48)71(51-23-9-5-10-24-51)52-25-11-6-12-26-52;1-2/h3-47H,1-2H3;1-2H3/b65-3-,70-4?;. The molecule has 0 amide bonds. The van der Waals surface area contributed by atoms with E-state index in [9.17, 15) is 0 Å². The van der Waals surface area contributed by atoms with Crippen LogP contribution in [0.2, 0.25) is 0 Å². The van der Waals surface area contributed by atoms with Gasteiger partial charge in [-0.25, -0.2) is 0 Å². The van der Waals surface area contributed by atoms with E-state index in [1.54, 1.807) is 0 Å². The first-order valence-electron chi connectivity index (χ1n) is 25.8. The van der Waals surface area contributed by atoms with Gasteiger partial charge in [0.15, 0.2) is 0 Å². The molecule has 0 saturated heterocycles. The molecule has 0 fully saturated rings. The van der Waals surface area contributed by atoms with E-state index in [2.05, 4.69) is 284 Å². The molecular formula is C71H57N3. The van der Waals surface area contributed by atoms with E-state index in [0.29, 0.717) is 0 Å². The monoisotopic (exact) mass is 951 g/mol. The van der Waals surface area contributed by atoms with E-state index in [-0.39, 0.29) is 0 Å². The highest BCUT2D eigenvalue weighted by Gasteiger charge is 2.22. The van der Waals surface area contributed by atoms with Gasteiger partial charge >= 0.3 is 0 Å². The zero-order valence-electron chi connectivity index (χ0n) is 42.3. The molecular weight excluding hydrogens is 895 g/mol. The Kier molecular flexibility index (Phi) is 13.5. The van der Waals surface area contributed by atoms with Crippen LogP contribution < -0.4 is 9.80 Å². The van der Waals surface area contributed by atoms with E-state index in [4.69, 9.17) is 4.99 Å². The van der Waals surface area contributed by atoms with Crippen LogP contribution in [0.3, 0.4) is 0 Å². The number of allylic oxidation sites excluding steroid dienone is 1. The first-order valence-corrected chi connectivity index (χ1v) is 25.8. The van der Waals surface area contributed by atoms with Crippen LogP contribution in [0, 0.1) is 0 Å². The lowest BCUT2D eigenvalue weighted by molar-refractivity contribution is 1.28. The Morgan fingerprint density at radius 1 is 0.297 bits per heavy atom. The van der Waals surface area contributed by atoms with Crippen molar-refractivity contribution in [3.63, 3.8) is 0 Å². The molecule has 0 unspecified atom stereocenters. The quantitative estimate of drug-likeness (QED) is 0.0950. The Balaban J connectivity index is 0.00000291. The zero-order chi connectivity index (χ0) is 50.4. The molecule has 12 aromatic carbocycles. The molecule has 3 heteroatoms. The minimum absolute atomic E-state index is 0.969. The third-order valence-electron chi connectivity index (χ3n) is 13.9. The summed E-state index contributed by atoms with van der Waals surface area (Å²) in [7, 11) is 0. The molecule has 74 heavy (non-hydrogen) atoms. The van der Waals surface area contributed by atoms with Gasteiger partial charge in [-0.3, -0.25) is 4.99 Å². The summed E-state index contributed by atoms with van der Waals surface area (Å²) in [5, 5.41) is 9.55. The lowest BCUT2D eigenvalue weighted by Gasteiger charge is -2.26. The van der Waals surface area contributed by atoms with E-state index >= 15 is 0 Å². The fourth-order valence-electron chi connectivity index (χ4n) is 10.9. The molecule has 0 N–H and O–H groups in total.